The van der Waals surface area contributed by atoms with Crippen molar-refractivity contribution < 1.29 is 8.42 Å². The zero-order chi connectivity index (χ0) is 18.4. The van der Waals surface area contributed by atoms with E-state index in [4.69, 9.17) is 0 Å². The van der Waals surface area contributed by atoms with Crippen LogP contribution in [0.1, 0.15) is 17.5 Å². The molecule has 2 aromatic rings. The van der Waals surface area contributed by atoms with Gasteiger partial charge >= 0.3 is 0 Å². The second-order valence-electron chi connectivity index (χ2n) is 6.26. The molecule has 0 unspecified atom stereocenters. The van der Waals surface area contributed by atoms with Crippen molar-refractivity contribution in [3.8, 4) is 0 Å². The number of nitrogens with one attached hydrogen (secondary N) is 2. The van der Waals surface area contributed by atoms with Crippen molar-refractivity contribution in [3.05, 3.63) is 41.5 Å². The van der Waals surface area contributed by atoms with Crippen LogP contribution < -0.4 is 10.0 Å². The van der Waals surface area contributed by atoms with Crippen LogP contribution in [0, 0.1) is 13.8 Å². The first-order valence-electron chi connectivity index (χ1n) is 8.10. The largest absolute Gasteiger partial charge is 0.369 e. The molecule has 0 bridgehead atoms. The van der Waals surface area contributed by atoms with Crippen molar-refractivity contribution >= 4 is 21.7 Å². The third-order valence-electron chi connectivity index (χ3n) is 3.62. The first-order chi connectivity index (χ1) is 11.8. The molecule has 1 aromatic heterocycles. The first kappa shape index (κ1) is 19.1. The molecule has 0 saturated heterocycles. The number of aryl methyl sites for hydroxylation is 2. The molecule has 0 amide bonds. The Morgan fingerprint density at radius 3 is 2.36 bits per heavy atom. The SMILES string of the molecule is Cc1ccc(C)c(S(=O)(=O)Nc2ccc(NCCCN(C)C)nn2)c1. The lowest BCUT2D eigenvalue weighted by atomic mass is 10.2. The summed E-state index contributed by atoms with van der Waals surface area (Å²) in [7, 11) is 0.361. The Bertz CT molecular complexity index is 804. The number of nitrogens with zero attached hydrogens (tertiary/aromatic N) is 3. The number of anilines is 2. The molecule has 0 saturated carbocycles. The maximum absolute atomic E-state index is 12.5. The Hall–Kier alpha value is -2.19. The fraction of sp³-hybridized carbons (Fsp3) is 0.412. The van der Waals surface area contributed by atoms with Crippen LogP contribution in [0.2, 0.25) is 0 Å². The van der Waals surface area contributed by atoms with Gasteiger partial charge in [-0.25, -0.2) is 8.42 Å². The maximum atomic E-state index is 12.5. The van der Waals surface area contributed by atoms with E-state index in [9.17, 15) is 8.42 Å². The molecule has 1 heterocycles. The van der Waals surface area contributed by atoms with Crippen LogP contribution in [-0.4, -0.2) is 50.7 Å². The fourth-order valence-electron chi connectivity index (χ4n) is 2.28. The van der Waals surface area contributed by atoms with Gasteiger partial charge in [0.1, 0.15) is 5.82 Å². The van der Waals surface area contributed by atoms with Crippen molar-refractivity contribution in [3.63, 3.8) is 0 Å². The minimum absolute atomic E-state index is 0.194. The van der Waals surface area contributed by atoms with E-state index in [0.717, 1.165) is 25.1 Å². The Morgan fingerprint density at radius 1 is 1.04 bits per heavy atom. The molecular formula is C17H25N5O2S. The molecule has 0 fully saturated rings. The average Bonchev–Trinajstić information content (AvgIpc) is 2.55. The minimum atomic E-state index is -3.69. The van der Waals surface area contributed by atoms with E-state index in [0.29, 0.717) is 11.4 Å². The van der Waals surface area contributed by atoms with Gasteiger partial charge < -0.3 is 10.2 Å². The van der Waals surface area contributed by atoms with Crippen LogP contribution in [0.15, 0.2) is 35.2 Å². The summed E-state index contributed by atoms with van der Waals surface area (Å²) in [5.41, 5.74) is 1.57. The van der Waals surface area contributed by atoms with Crippen molar-refractivity contribution in [1.82, 2.24) is 15.1 Å². The molecule has 136 valence electrons. The van der Waals surface area contributed by atoms with E-state index in [1.807, 2.05) is 27.1 Å². The molecule has 0 aliphatic heterocycles. The van der Waals surface area contributed by atoms with E-state index in [-0.39, 0.29) is 10.7 Å². The summed E-state index contributed by atoms with van der Waals surface area (Å²) in [4.78, 5) is 2.36. The molecule has 0 aliphatic rings. The van der Waals surface area contributed by atoms with Crippen molar-refractivity contribution in [1.29, 1.82) is 0 Å². The van der Waals surface area contributed by atoms with E-state index < -0.39 is 10.0 Å². The van der Waals surface area contributed by atoms with Gasteiger partial charge in [0, 0.05) is 6.54 Å². The lowest BCUT2D eigenvalue weighted by Crippen LogP contribution is -2.17. The second-order valence-corrected chi connectivity index (χ2v) is 7.91. The Morgan fingerprint density at radius 2 is 1.72 bits per heavy atom. The highest BCUT2D eigenvalue weighted by Gasteiger charge is 2.17. The maximum Gasteiger partial charge on any atom is 0.263 e. The molecular weight excluding hydrogens is 338 g/mol. The summed E-state index contributed by atoms with van der Waals surface area (Å²) in [6, 6.07) is 8.63. The molecule has 2 rings (SSSR count). The molecule has 25 heavy (non-hydrogen) atoms. The summed E-state index contributed by atoms with van der Waals surface area (Å²) in [6.45, 7) is 5.38. The molecule has 0 atom stereocenters. The van der Waals surface area contributed by atoms with Crippen LogP contribution in [0.25, 0.3) is 0 Å². The van der Waals surface area contributed by atoms with Gasteiger partial charge in [0.2, 0.25) is 0 Å². The molecule has 8 heteroatoms. The molecule has 2 N–H and O–H groups in total. The molecule has 1 aromatic carbocycles. The van der Waals surface area contributed by atoms with Crippen molar-refractivity contribution in [2.24, 2.45) is 0 Å². The van der Waals surface area contributed by atoms with Crippen molar-refractivity contribution in [2.45, 2.75) is 25.2 Å². The zero-order valence-electron chi connectivity index (χ0n) is 15.1. The van der Waals surface area contributed by atoms with Gasteiger partial charge in [-0.1, -0.05) is 12.1 Å². The predicted octanol–water partition coefficient (Wildman–Crippen LogP) is 2.26. The molecule has 7 nitrogen and oxygen atoms in total. The number of benzene rings is 1. The third kappa shape index (κ3) is 5.68. The Labute approximate surface area is 149 Å². The van der Waals surface area contributed by atoms with Gasteiger partial charge in [0.15, 0.2) is 5.82 Å². The highest BCUT2D eigenvalue weighted by atomic mass is 32.2. The number of hydrogen-bond donors (Lipinski definition) is 2. The summed E-state index contributed by atoms with van der Waals surface area (Å²) < 4.78 is 27.5. The summed E-state index contributed by atoms with van der Waals surface area (Å²) in [5, 5.41) is 11.1. The van der Waals surface area contributed by atoms with E-state index in [2.05, 4.69) is 25.1 Å². The zero-order valence-corrected chi connectivity index (χ0v) is 15.9. The molecule has 0 radical (unpaired) electrons. The summed E-state index contributed by atoms with van der Waals surface area (Å²) in [5.74, 6) is 0.813. The smallest absolute Gasteiger partial charge is 0.263 e. The second kappa shape index (κ2) is 8.26. The van der Waals surface area contributed by atoms with Gasteiger partial charge in [-0.2, -0.15) is 0 Å². The topological polar surface area (TPSA) is 87.2 Å². The number of aromatic nitrogens is 2. The fourth-order valence-corrected chi connectivity index (χ4v) is 3.61. The van der Waals surface area contributed by atoms with Gasteiger partial charge in [-0.3, -0.25) is 4.72 Å². The summed E-state index contributed by atoms with van der Waals surface area (Å²) >= 11 is 0. The number of hydrogen-bond acceptors (Lipinski definition) is 6. The van der Waals surface area contributed by atoms with Gasteiger partial charge in [-0.05, 0) is 70.2 Å². The quantitative estimate of drug-likeness (QED) is 0.700. The monoisotopic (exact) mass is 363 g/mol. The third-order valence-corrected chi connectivity index (χ3v) is 5.12. The Kier molecular flexibility index (Phi) is 6.33. The predicted molar refractivity (Wildman–Crippen MR) is 100 cm³/mol. The normalized spacial score (nSPS) is 11.6. The lowest BCUT2D eigenvalue weighted by Gasteiger charge is -2.11. The minimum Gasteiger partial charge on any atom is -0.369 e. The van der Waals surface area contributed by atoms with Gasteiger partial charge in [-0.15, -0.1) is 10.2 Å². The lowest BCUT2D eigenvalue weighted by molar-refractivity contribution is 0.405. The van der Waals surface area contributed by atoms with Gasteiger partial charge in [0.25, 0.3) is 10.0 Å². The average molecular weight is 363 g/mol. The van der Waals surface area contributed by atoms with Crippen LogP contribution >= 0.6 is 0 Å². The number of sulfonamides is 1. The van der Waals surface area contributed by atoms with Crippen LogP contribution in [-0.2, 0) is 10.0 Å². The van der Waals surface area contributed by atoms with Crippen LogP contribution in [0.4, 0.5) is 11.6 Å². The number of rotatable bonds is 8. The summed E-state index contributed by atoms with van der Waals surface area (Å²) in [6.07, 6.45) is 0.982. The van der Waals surface area contributed by atoms with Crippen LogP contribution in [0.3, 0.4) is 0 Å². The van der Waals surface area contributed by atoms with Gasteiger partial charge in [0.05, 0.1) is 4.90 Å². The highest BCUT2D eigenvalue weighted by Crippen LogP contribution is 2.19. The highest BCUT2D eigenvalue weighted by molar-refractivity contribution is 7.92. The standard InChI is InChI=1S/C17H25N5O2S/c1-13-6-7-14(2)15(12-13)25(23,24)21-17-9-8-16(19-20-17)18-10-5-11-22(3)4/h6-9,12H,5,10-11H2,1-4H3,(H,18,19)(H,20,21). The molecule has 0 aliphatic carbocycles. The van der Waals surface area contributed by atoms with E-state index in [1.165, 1.54) is 0 Å². The molecule has 0 spiro atoms. The van der Waals surface area contributed by atoms with E-state index >= 15 is 0 Å². The van der Waals surface area contributed by atoms with Crippen LogP contribution in [0.5, 0.6) is 0 Å². The Balaban J connectivity index is 2.01. The van der Waals surface area contributed by atoms with Crippen molar-refractivity contribution in [2.75, 3.05) is 37.2 Å². The first-order valence-corrected chi connectivity index (χ1v) is 9.58. The van der Waals surface area contributed by atoms with E-state index in [1.54, 1.807) is 31.2 Å².